The van der Waals surface area contributed by atoms with Crippen molar-refractivity contribution in [2.75, 3.05) is 0 Å². The highest BCUT2D eigenvalue weighted by Crippen LogP contribution is 2.27. The Hall–Kier alpha value is -3.86. The number of carboxylic acid groups (broad SMARTS) is 1. The van der Waals surface area contributed by atoms with Gasteiger partial charge in [-0.15, -0.1) is 0 Å². The van der Waals surface area contributed by atoms with Crippen molar-refractivity contribution in [2.24, 2.45) is 0 Å². The summed E-state index contributed by atoms with van der Waals surface area (Å²) in [6.07, 6.45) is 3.45. The number of Topliss-reactive ketones (excluding diaryl/α,β-unsaturated/α-hetero) is 1. The highest BCUT2D eigenvalue weighted by molar-refractivity contribution is 5.92. The number of nitrogens with zero attached hydrogens (tertiary/aromatic N) is 3. The quantitative estimate of drug-likeness (QED) is 0.601. The van der Waals surface area contributed by atoms with Crippen molar-refractivity contribution < 1.29 is 24.3 Å². The van der Waals surface area contributed by atoms with E-state index in [0.717, 1.165) is 0 Å². The molecule has 0 amide bonds. The third-order valence-corrected chi connectivity index (χ3v) is 4.59. The highest BCUT2D eigenvalue weighted by Gasteiger charge is 2.20. The number of aromatic carboxylic acids is 1. The molecule has 29 heavy (non-hydrogen) atoms. The number of carbonyl (C=O) groups is 2. The molecule has 3 rings (SSSR count). The molecular formula is C21H19N3O5. The molecule has 1 aromatic carbocycles. The number of ketones is 1. The van der Waals surface area contributed by atoms with Gasteiger partial charge in [-0.2, -0.15) is 5.26 Å². The molecule has 0 atom stereocenters. The standard InChI is InChI=1S/C21H19N3O5/c1-2-24-11-14(18(12-24)21(27)28)9-16(26)7-8-19-17(10-22)20(23-29-19)13-3-5-15(25)6-4-13/h3-6,11-12,25H,2,7-9H2,1H3,(H,27,28). The maximum atomic E-state index is 12.4. The van der Waals surface area contributed by atoms with Gasteiger partial charge in [0.25, 0.3) is 0 Å². The molecule has 2 aromatic heterocycles. The van der Waals surface area contributed by atoms with E-state index in [-0.39, 0.29) is 41.9 Å². The summed E-state index contributed by atoms with van der Waals surface area (Å²) in [7, 11) is 0. The van der Waals surface area contributed by atoms with Crippen molar-refractivity contribution in [1.29, 1.82) is 5.26 Å². The lowest BCUT2D eigenvalue weighted by Crippen LogP contribution is -2.07. The van der Waals surface area contributed by atoms with E-state index in [1.54, 1.807) is 22.9 Å². The number of aryl methyl sites for hydroxylation is 2. The second kappa shape index (κ2) is 8.44. The number of hydrogen-bond acceptors (Lipinski definition) is 6. The Kier molecular flexibility index (Phi) is 5.79. The number of carbonyl (C=O) groups excluding carboxylic acids is 1. The number of phenolic OH excluding ortho intramolecular Hbond substituents is 1. The first-order valence-corrected chi connectivity index (χ1v) is 9.04. The third-order valence-electron chi connectivity index (χ3n) is 4.59. The average Bonchev–Trinajstić information content (AvgIpc) is 3.30. The molecule has 0 aliphatic carbocycles. The van der Waals surface area contributed by atoms with E-state index < -0.39 is 5.97 Å². The first-order valence-electron chi connectivity index (χ1n) is 9.04. The molecule has 0 aliphatic heterocycles. The van der Waals surface area contributed by atoms with Crippen LogP contribution in [0.3, 0.4) is 0 Å². The van der Waals surface area contributed by atoms with Crippen LogP contribution in [0.15, 0.2) is 41.2 Å². The summed E-state index contributed by atoms with van der Waals surface area (Å²) < 4.78 is 6.99. The second-order valence-electron chi connectivity index (χ2n) is 6.54. The summed E-state index contributed by atoms with van der Waals surface area (Å²) in [6, 6.07) is 8.26. The van der Waals surface area contributed by atoms with Crippen LogP contribution < -0.4 is 0 Å². The zero-order valence-corrected chi connectivity index (χ0v) is 15.8. The summed E-state index contributed by atoms with van der Waals surface area (Å²) in [5.41, 5.74) is 1.79. The maximum Gasteiger partial charge on any atom is 0.337 e. The fraction of sp³-hybridized carbons (Fsp3) is 0.238. The minimum Gasteiger partial charge on any atom is -0.508 e. The number of nitriles is 1. The predicted octanol–water partition coefficient (Wildman–Crippen LogP) is 3.18. The van der Waals surface area contributed by atoms with Gasteiger partial charge in [0.05, 0.1) is 5.56 Å². The molecular weight excluding hydrogens is 374 g/mol. The van der Waals surface area contributed by atoms with Crippen LogP contribution in [-0.4, -0.2) is 31.7 Å². The molecule has 0 unspecified atom stereocenters. The molecule has 0 saturated heterocycles. The number of benzene rings is 1. The normalized spacial score (nSPS) is 10.6. The largest absolute Gasteiger partial charge is 0.508 e. The predicted molar refractivity (Wildman–Crippen MR) is 102 cm³/mol. The highest BCUT2D eigenvalue weighted by atomic mass is 16.5. The lowest BCUT2D eigenvalue weighted by molar-refractivity contribution is -0.118. The zero-order valence-electron chi connectivity index (χ0n) is 15.8. The van der Waals surface area contributed by atoms with Gasteiger partial charge in [-0.3, -0.25) is 4.79 Å². The molecule has 0 fully saturated rings. The summed E-state index contributed by atoms with van der Waals surface area (Å²) in [4.78, 5) is 23.8. The Morgan fingerprint density at radius 2 is 1.97 bits per heavy atom. The Balaban J connectivity index is 1.71. The summed E-state index contributed by atoms with van der Waals surface area (Å²) in [6.45, 7) is 2.49. The van der Waals surface area contributed by atoms with Gasteiger partial charge in [0.2, 0.25) is 0 Å². The SMILES string of the molecule is CCn1cc(CC(=O)CCc2onc(-c3ccc(O)cc3)c2C#N)c(C(=O)O)c1. The Morgan fingerprint density at radius 3 is 2.59 bits per heavy atom. The van der Waals surface area contributed by atoms with Gasteiger partial charge in [0.1, 0.15) is 28.9 Å². The minimum absolute atomic E-state index is 0.00449. The minimum atomic E-state index is -1.07. The molecule has 0 saturated carbocycles. The van der Waals surface area contributed by atoms with Crippen molar-refractivity contribution in [3.05, 3.63) is 59.1 Å². The van der Waals surface area contributed by atoms with Crippen LogP contribution in [0.25, 0.3) is 11.3 Å². The number of aromatic nitrogens is 2. The van der Waals surface area contributed by atoms with E-state index in [1.807, 2.05) is 6.92 Å². The number of aromatic hydroxyl groups is 1. The summed E-state index contributed by atoms with van der Waals surface area (Å²) in [5, 5.41) is 32.1. The lowest BCUT2D eigenvalue weighted by atomic mass is 10.0. The second-order valence-corrected chi connectivity index (χ2v) is 6.54. The average molecular weight is 393 g/mol. The van der Waals surface area contributed by atoms with Crippen LogP contribution in [0.2, 0.25) is 0 Å². The topological polar surface area (TPSA) is 129 Å². The Bertz CT molecular complexity index is 1090. The third kappa shape index (κ3) is 4.35. The Labute approximate surface area is 166 Å². The first kappa shape index (κ1) is 19.9. The van der Waals surface area contributed by atoms with Gasteiger partial charge >= 0.3 is 5.97 Å². The number of rotatable bonds is 8. The molecule has 148 valence electrons. The monoisotopic (exact) mass is 393 g/mol. The molecule has 0 radical (unpaired) electrons. The van der Waals surface area contributed by atoms with E-state index >= 15 is 0 Å². The van der Waals surface area contributed by atoms with E-state index in [9.17, 15) is 25.1 Å². The first-order chi connectivity index (χ1) is 13.9. The van der Waals surface area contributed by atoms with Crippen molar-refractivity contribution in [2.45, 2.75) is 32.7 Å². The van der Waals surface area contributed by atoms with Gasteiger partial charge in [-0.25, -0.2) is 4.79 Å². The van der Waals surface area contributed by atoms with Crippen LogP contribution in [0.1, 0.15) is 40.6 Å². The molecule has 8 heteroatoms. The molecule has 8 nitrogen and oxygen atoms in total. The van der Waals surface area contributed by atoms with Crippen LogP contribution in [0.5, 0.6) is 5.75 Å². The van der Waals surface area contributed by atoms with Crippen molar-refractivity contribution >= 4 is 11.8 Å². The van der Waals surface area contributed by atoms with Crippen LogP contribution >= 0.6 is 0 Å². The van der Waals surface area contributed by atoms with E-state index in [2.05, 4.69) is 11.2 Å². The lowest BCUT2D eigenvalue weighted by Gasteiger charge is -2.00. The zero-order chi connectivity index (χ0) is 21.0. The van der Waals surface area contributed by atoms with Gasteiger partial charge in [-0.1, -0.05) is 5.16 Å². The van der Waals surface area contributed by atoms with E-state index in [1.165, 1.54) is 18.3 Å². The van der Waals surface area contributed by atoms with Gasteiger partial charge in [0.15, 0.2) is 5.76 Å². The van der Waals surface area contributed by atoms with Crippen molar-refractivity contribution in [3.63, 3.8) is 0 Å². The van der Waals surface area contributed by atoms with Crippen molar-refractivity contribution in [1.82, 2.24) is 9.72 Å². The fourth-order valence-corrected chi connectivity index (χ4v) is 3.05. The van der Waals surface area contributed by atoms with Crippen molar-refractivity contribution in [3.8, 4) is 23.1 Å². The smallest absolute Gasteiger partial charge is 0.337 e. The molecule has 0 aliphatic rings. The number of carboxylic acids is 1. The number of hydrogen-bond donors (Lipinski definition) is 2. The fourth-order valence-electron chi connectivity index (χ4n) is 3.05. The van der Waals surface area contributed by atoms with Gasteiger partial charge in [-0.05, 0) is 36.8 Å². The molecule has 0 spiro atoms. The van der Waals surface area contributed by atoms with Crippen LogP contribution in [0.4, 0.5) is 0 Å². The summed E-state index contributed by atoms with van der Waals surface area (Å²) >= 11 is 0. The molecule has 2 N–H and O–H groups in total. The number of phenols is 1. The summed E-state index contributed by atoms with van der Waals surface area (Å²) in [5.74, 6) is -0.832. The molecule has 3 aromatic rings. The Morgan fingerprint density at radius 1 is 1.24 bits per heavy atom. The van der Waals surface area contributed by atoms with Crippen LogP contribution in [-0.2, 0) is 24.2 Å². The molecule has 0 bridgehead atoms. The van der Waals surface area contributed by atoms with Crippen LogP contribution in [0, 0.1) is 11.3 Å². The maximum absolute atomic E-state index is 12.4. The van der Waals surface area contributed by atoms with E-state index in [4.69, 9.17) is 4.52 Å². The molecule has 2 heterocycles. The van der Waals surface area contributed by atoms with Gasteiger partial charge in [0, 0.05) is 43.8 Å². The van der Waals surface area contributed by atoms with E-state index in [0.29, 0.717) is 29.1 Å². The van der Waals surface area contributed by atoms with Gasteiger partial charge < -0.3 is 19.3 Å².